The van der Waals surface area contributed by atoms with Crippen LogP contribution in [0.25, 0.3) is 0 Å². The third-order valence-electron chi connectivity index (χ3n) is 3.07. The average molecular weight is 218 g/mol. The Kier molecular flexibility index (Phi) is 2.57. The van der Waals surface area contributed by atoms with Crippen LogP contribution in [-0.4, -0.2) is 44.6 Å². The third-order valence-corrected chi connectivity index (χ3v) is 4.98. The maximum atomic E-state index is 11.6. The molecule has 0 amide bonds. The first kappa shape index (κ1) is 10.4. The van der Waals surface area contributed by atoms with E-state index in [0.29, 0.717) is 17.5 Å². The molecule has 0 aliphatic carbocycles. The van der Waals surface area contributed by atoms with E-state index < -0.39 is 9.84 Å². The number of sulfone groups is 1. The predicted molar refractivity (Wildman–Crippen MR) is 56.1 cm³/mol. The molecule has 0 saturated carbocycles. The highest BCUT2D eigenvalue weighted by atomic mass is 32.2. The van der Waals surface area contributed by atoms with Gasteiger partial charge in [0.25, 0.3) is 0 Å². The van der Waals surface area contributed by atoms with Gasteiger partial charge in [0.2, 0.25) is 0 Å². The summed E-state index contributed by atoms with van der Waals surface area (Å²) in [6.45, 7) is 3.81. The van der Waals surface area contributed by atoms with E-state index in [2.05, 4.69) is 17.6 Å². The van der Waals surface area contributed by atoms with Gasteiger partial charge < -0.3 is 10.6 Å². The zero-order valence-corrected chi connectivity index (χ0v) is 9.36. The Morgan fingerprint density at radius 3 is 2.86 bits per heavy atom. The van der Waals surface area contributed by atoms with Crippen LogP contribution in [0.2, 0.25) is 0 Å². The Hall–Kier alpha value is -0.130. The molecule has 2 N–H and O–H groups in total. The first-order chi connectivity index (χ1) is 6.52. The summed E-state index contributed by atoms with van der Waals surface area (Å²) in [5, 5.41) is 6.75. The van der Waals surface area contributed by atoms with Crippen LogP contribution < -0.4 is 10.6 Å². The van der Waals surface area contributed by atoms with Crippen LogP contribution in [0, 0.1) is 0 Å². The first-order valence-corrected chi connectivity index (χ1v) is 7.02. The second kappa shape index (κ2) is 3.47. The summed E-state index contributed by atoms with van der Waals surface area (Å²) < 4.78 is 23.1. The standard InChI is InChI=1S/C9H18N2O2S/c1-8-5-10-6-9(11-8)3-2-4-14(12,13)7-9/h8,10-11H,2-7H2,1H3. The lowest BCUT2D eigenvalue weighted by molar-refractivity contribution is 0.232. The van der Waals surface area contributed by atoms with E-state index in [9.17, 15) is 8.42 Å². The lowest BCUT2D eigenvalue weighted by Gasteiger charge is -2.44. The second-order valence-corrected chi connectivity index (χ2v) is 6.84. The Balaban J connectivity index is 2.14. The van der Waals surface area contributed by atoms with Gasteiger partial charge in [-0.25, -0.2) is 8.42 Å². The smallest absolute Gasteiger partial charge is 0.152 e. The molecule has 2 atom stereocenters. The molecule has 2 heterocycles. The van der Waals surface area contributed by atoms with Crippen molar-refractivity contribution in [3.05, 3.63) is 0 Å². The SMILES string of the molecule is CC1CNCC2(CCCS(=O)(=O)C2)N1. The van der Waals surface area contributed by atoms with Crippen LogP contribution in [0.1, 0.15) is 19.8 Å². The van der Waals surface area contributed by atoms with Crippen molar-refractivity contribution in [3.63, 3.8) is 0 Å². The molecule has 82 valence electrons. The summed E-state index contributed by atoms with van der Waals surface area (Å²) in [5.41, 5.74) is -0.186. The average Bonchev–Trinajstić information content (AvgIpc) is 2.00. The number of piperazine rings is 1. The molecule has 0 aromatic heterocycles. The minimum Gasteiger partial charge on any atom is -0.313 e. The fourth-order valence-electron chi connectivity index (χ4n) is 2.60. The summed E-state index contributed by atoms with van der Waals surface area (Å²) in [6, 6.07) is 0.372. The Morgan fingerprint density at radius 2 is 2.21 bits per heavy atom. The molecule has 2 aliphatic rings. The molecule has 0 radical (unpaired) electrons. The van der Waals surface area contributed by atoms with Crippen molar-refractivity contribution < 1.29 is 8.42 Å². The van der Waals surface area contributed by atoms with Crippen molar-refractivity contribution in [2.75, 3.05) is 24.6 Å². The van der Waals surface area contributed by atoms with Crippen molar-refractivity contribution in [2.45, 2.75) is 31.3 Å². The molecule has 2 fully saturated rings. The Morgan fingerprint density at radius 1 is 1.43 bits per heavy atom. The van der Waals surface area contributed by atoms with Crippen molar-refractivity contribution in [1.29, 1.82) is 0 Å². The van der Waals surface area contributed by atoms with Gasteiger partial charge in [0.1, 0.15) is 0 Å². The molecule has 4 nitrogen and oxygen atoms in total. The molecule has 0 aromatic carbocycles. The molecular formula is C9H18N2O2S. The summed E-state index contributed by atoms with van der Waals surface area (Å²) in [7, 11) is -2.82. The van der Waals surface area contributed by atoms with Gasteiger partial charge >= 0.3 is 0 Å². The summed E-state index contributed by atoms with van der Waals surface area (Å²) in [4.78, 5) is 0. The van der Waals surface area contributed by atoms with E-state index in [-0.39, 0.29) is 5.54 Å². The van der Waals surface area contributed by atoms with Gasteiger partial charge in [0, 0.05) is 24.7 Å². The maximum absolute atomic E-state index is 11.6. The number of hydrogen-bond donors (Lipinski definition) is 2. The third kappa shape index (κ3) is 2.10. The molecule has 0 bridgehead atoms. The van der Waals surface area contributed by atoms with Crippen LogP contribution in [0.3, 0.4) is 0 Å². The lowest BCUT2D eigenvalue weighted by Crippen LogP contribution is -2.67. The number of nitrogens with one attached hydrogen (secondary N) is 2. The van der Waals surface area contributed by atoms with E-state index in [1.165, 1.54) is 0 Å². The van der Waals surface area contributed by atoms with Crippen LogP contribution in [0.4, 0.5) is 0 Å². The molecule has 1 spiro atoms. The Labute approximate surface area is 85.4 Å². The van der Waals surface area contributed by atoms with E-state index in [1.54, 1.807) is 0 Å². The molecular weight excluding hydrogens is 200 g/mol. The molecule has 2 unspecified atom stereocenters. The fraction of sp³-hybridized carbons (Fsp3) is 1.00. The topological polar surface area (TPSA) is 58.2 Å². The van der Waals surface area contributed by atoms with Crippen LogP contribution in [0.15, 0.2) is 0 Å². The molecule has 2 aliphatic heterocycles. The summed E-state index contributed by atoms with van der Waals surface area (Å²) in [5.74, 6) is 0.669. The van der Waals surface area contributed by atoms with Gasteiger partial charge in [-0.3, -0.25) is 0 Å². The highest BCUT2D eigenvalue weighted by molar-refractivity contribution is 7.91. The van der Waals surface area contributed by atoms with Gasteiger partial charge in [0.15, 0.2) is 9.84 Å². The van der Waals surface area contributed by atoms with Gasteiger partial charge in [-0.1, -0.05) is 0 Å². The minimum atomic E-state index is -2.82. The summed E-state index contributed by atoms with van der Waals surface area (Å²) >= 11 is 0. The predicted octanol–water partition coefficient (Wildman–Crippen LogP) is -0.485. The van der Waals surface area contributed by atoms with Crippen molar-refractivity contribution in [2.24, 2.45) is 0 Å². The molecule has 14 heavy (non-hydrogen) atoms. The van der Waals surface area contributed by atoms with Gasteiger partial charge in [-0.05, 0) is 19.8 Å². The van der Waals surface area contributed by atoms with Crippen LogP contribution in [0.5, 0.6) is 0 Å². The first-order valence-electron chi connectivity index (χ1n) is 5.20. The van der Waals surface area contributed by atoms with E-state index in [1.807, 2.05) is 0 Å². The monoisotopic (exact) mass is 218 g/mol. The fourth-order valence-corrected chi connectivity index (χ4v) is 4.50. The zero-order chi connectivity index (χ0) is 10.2. The van der Waals surface area contributed by atoms with Gasteiger partial charge in [-0.15, -0.1) is 0 Å². The van der Waals surface area contributed by atoms with Crippen molar-refractivity contribution in [1.82, 2.24) is 10.6 Å². The van der Waals surface area contributed by atoms with Gasteiger partial charge in [-0.2, -0.15) is 0 Å². The zero-order valence-electron chi connectivity index (χ0n) is 8.54. The Bertz CT molecular complexity index is 311. The highest BCUT2D eigenvalue weighted by Crippen LogP contribution is 2.24. The van der Waals surface area contributed by atoms with E-state index >= 15 is 0 Å². The summed E-state index contributed by atoms with van der Waals surface area (Å²) in [6.07, 6.45) is 1.77. The molecule has 0 aromatic rings. The van der Waals surface area contributed by atoms with Crippen LogP contribution >= 0.6 is 0 Å². The number of hydrogen-bond acceptors (Lipinski definition) is 4. The lowest BCUT2D eigenvalue weighted by atomic mass is 9.92. The minimum absolute atomic E-state index is 0.186. The van der Waals surface area contributed by atoms with Crippen molar-refractivity contribution in [3.8, 4) is 0 Å². The van der Waals surface area contributed by atoms with E-state index in [0.717, 1.165) is 25.9 Å². The largest absolute Gasteiger partial charge is 0.313 e. The van der Waals surface area contributed by atoms with Crippen molar-refractivity contribution >= 4 is 9.84 Å². The normalized spacial score (nSPS) is 42.5. The molecule has 2 rings (SSSR count). The maximum Gasteiger partial charge on any atom is 0.152 e. The van der Waals surface area contributed by atoms with Crippen LogP contribution in [-0.2, 0) is 9.84 Å². The second-order valence-electron chi connectivity index (χ2n) is 4.65. The highest BCUT2D eigenvalue weighted by Gasteiger charge is 2.41. The molecule has 5 heteroatoms. The molecule has 2 saturated heterocycles. The number of rotatable bonds is 0. The quantitative estimate of drug-likeness (QED) is 0.576. The van der Waals surface area contributed by atoms with E-state index in [4.69, 9.17) is 0 Å². The van der Waals surface area contributed by atoms with Gasteiger partial charge in [0.05, 0.1) is 11.5 Å².